The van der Waals surface area contributed by atoms with Gasteiger partial charge in [-0.3, -0.25) is 0 Å². The fraction of sp³-hybridized carbons (Fsp3) is 0.294. The van der Waals surface area contributed by atoms with Crippen LogP contribution >= 0.6 is 15.9 Å². The molecule has 1 saturated carbocycles. The molecule has 20 heavy (non-hydrogen) atoms. The van der Waals surface area contributed by atoms with E-state index < -0.39 is 0 Å². The summed E-state index contributed by atoms with van der Waals surface area (Å²) in [6.07, 6.45) is 2.79. The van der Waals surface area contributed by atoms with Crippen LogP contribution in [0.3, 0.4) is 0 Å². The number of benzene rings is 2. The lowest BCUT2D eigenvalue weighted by Crippen LogP contribution is -2.12. The van der Waals surface area contributed by atoms with Crippen molar-refractivity contribution in [2.45, 2.75) is 31.9 Å². The lowest BCUT2D eigenvalue weighted by molar-refractivity contribution is 0.303. The van der Waals surface area contributed by atoms with Crippen LogP contribution in [0.5, 0.6) is 5.75 Å². The van der Waals surface area contributed by atoms with Crippen molar-refractivity contribution in [3.05, 3.63) is 63.6 Å². The maximum atomic E-state index is 6.38. The number of nitrogens with two attached hydrogens (primary N) is 1. The Balaban J connectivity index is 1.82. The molecule has 0 amide bonds. The zero-order valence-electron chi connectivity index (χ0n) is 11.5. The van der Waals surface area contributed by atoms with E-state index in [2.05, 4.69) is 47.1 Å². The summed E-state index contributed by atoms with van der Waals surface area (Å²) in [5, 5.41) is 0. The highest BCUT2D eigenvalue weighted by Gasteiger charge is 2.23. The van der Waals surface area contributed by atoms with Crippen molar-refractivity contribution < 1.29 is 4.74 Å². The molecule has 0 spiro atoms. The quantitative estimate of drug-likeness (QED) is 0.904. The van der Waals surface area contributed by atoms with E-state index >= 15 is 0 Å². The van der Waals surface area contributed by atoms with E-state index in [9.17, 15) is 0 Å². The Morgan fingerprint density at radius 3 is 2.50 bits per heavy atom. The third kappa shape index (κ3) is 2.89. The first-order valence-electron chi connectivity index (χ1n) is 6.92. The summed E-state index contributed by atoms with van der Waals surface area (Å²) in [7, 11) is 0. The summed E-state index contributed by atoms with van der Waals surface area (Å²) >= 11 is 3.63. The zero-order chi connectivity index (χ0) is 14.1. The van der Waals surface area contributed by atoms with Gasteiger partial charge in [-0.25, -0.2) is 0 Å². The third-order valence-corrected chi connectivity index (χ3v) is 4.71. The average molecular weight is 332 g/mol. The molecular weight excluding hydrogens is 314 g/mol. The van der Waals surface area contributed by atoms with Crippen molar-refractivity contribution in [2.75, 3.05) is 0 Å². The Labute approximate surface area is 128 Å². The standard InChI is InChI=1S/C17H18BrNO/c1-11-3-2-4-15(16(11)18)17(19)12-5-7-13(8-6-12)20-14-9-10-14/h2-8,14,17H,9-10,19H2,1H3. The highest BCUT2D eigenvalue weighted by atomic mass is 79.9. The summed E-state index contributed by atoms with van der Waals surface area (Å²) in [4.78, 5) is 0. The van der Waals surface area contributed by atoms with Crippen LogP contribution in [0.4, 0.5) is 0 Å². The Kier molecular flexibility index (Phi) is 3.81. The first-order chi connectivity index (χ1) is 9.65. The average Bonchev–Trinajstić information content (AvgIpc) is 3.26. The van der Waals surface area contributed by atoms with Gasteiger partial charge in [0.2, 0.25) is 0 Å². The van der Waals surface area contributed by atoms with Crippen LogP contribution < -0.4 is 10.5 Å². The Hall–Kier alpha value is -1.32. The highest BCUT2D eigenvalue weighted by molar-refractivity contribution is 9.10. The molecule has 1 fully saturated rings. The van der Waals surface area contributed by atoms with E-state index in [-0.39, 0.29) is 6.04 Å². The van der Waals surface area contributed by atoms with Crippen molar-refractivity contribution in [3.8, 4) is 5.75 Å². The van der Waals surface area contributed by atoms with Crippen LogP contribution in [0.2, 0.25) is 0 Å². The maximum Gasteiger partial charge on any atom is 0.119 e. The minimum Gasteiger partial charge on any atom is -0.490 e. The van der Waals surface area contributed by atoms with E-state index in [4.69, 9.17) is 10.5 Å². The summed E-state index contributed by atoms with van der Waals surface area (Å²) < 4.78 is 6.85. The molecule has 2 nitrogen and oxygen atoms in total. The van der Waals surface area contributed by atoms with E-state index in [1.165, 1.54) is 18.4 Å². The summed E-state index contributed by atoms with van der Waals surface area (Å²) in [6.45, 7) is 2.08. The number of ether oxygens (including phenoxy) is 1. The molecule has 0 radical (unpaired) electrons. The van der Waals surface area contributed by atoms with E-state index in [1.807, 2.05) is 18.2 Å². The van der Waals surface area contributed by atoms with E-state index in [1.54, 1.807) is 0 Å². The normalized spacial score (nSPS) is 15.9. The molecule has 0 heterocycles. The van der Waals surface area contributed by atoms with E-state index in [0.717, 1.165) is 21.3 Å². The summed E-state index contributed by atoms with van der Waals surface area (Å²) in [5.41, 5.74) is 9.79. The van der Waals surface area contributed by atoms with Gasteiger partial charge in [0, 0.05) is 4.47 Å². The fourth-order valence-corrected chi connectivity index (χ4v) is 2.73. The lowest BCUT2D eigenvalue weighted by atomic mass is 9.98. The number of halogens is 1. The van der Waals surface area contributed by atoms with Crippen molar-refractivity contribution in [1.82, 2.24) is 0 Å². The van der Waals surface area contributed by atoms with Gasteiger partial charge in [-0.15, -0.1) is 0 Å². The highest BCUT2D eigenvalue weighted by Crippen LogP contribution is 2.31. The fourth-order valence-electron chi connectivity index (χ4n) is 2.22. The molecule has 104 valence electrons. The van der Waals surface area contributed by atoms with Gasteiger partial charge in [0.1, 0.15) is 5.75 Å². The van der Waals surface area contributed by atoms with Crippen LogP contribution in [0.1, 0.15) is 35.6 Å². The lowest BCUT2D eigenvalue weighted by Gasteiger charge is -2.16. The number of hydrogen-bond donors (Lipinski definition) is 1. The molecule has 1 atom stereocenters. The minimum absolute atomic E-state index is 0.126. The zero-order valence-corrected chi connectivity index (χ0v) is 13.1. The molecule has 2 aromatic rings. The van der Waals surface area contributed by atoms with Crippen LogP contribution in [0.15, 0.2) is 46.9 Å². The van der Waals surface area contributed by atoms with Gasteiger partial charge in [-0.1, -0.05) is 46.3 Å². The minimum atomic E-state index is -0.126. The van der Waals surface area contributed by atoms with Crippen molar-refractivity contribution in [1.29, 1.82) is 0 Å². The molecule has 1 aliphatic carbocycles. The summed E-state index contributed by atoms with van der Waals surface area (Å²) in [5.74, 6) is 0.937. The molecule has 3 heteroatoms. The molecule has 0 aromatic heterocycles. The molecule has 2 aromatic carbocycles. The third-order valence-electron chi connectivity index (χ3n) is 3.62. The van der Waals surface area contributed by atoms with Crippen LogP contribution in [-0.2, 0) is 0 Å². The van der Waals surface area contributed by atoms with Gasteiger partial charge in [0.05, 0.1) is 12.1 Å². The topological polar surface area (TPSA) is 35.2 Å². The Morgan fingerprint density at radius 1 is 1.15 bits per heavy atom. The first-order valence-corrected chi connectivity index (χ1v) is 7.71. The van der Waals surface area contributed by atoms with Gasteiger partial charge in [0.25, 0.3) is 0 Å². The second-order valence-corrected chi connectivity index (χ2v) is 6.14. The van der Waals surface area contributed by atoms with Crippen LogP contribution in [0, 0.1) is 6.92 Å². The largest absolute Gasteiger partial charge is 0.490 e. The van der Waals surface area contributed by atoms with Crippen molar-refractivity contribution in [2.24, 2.45) is 5.73 Å². The SMILES string of the molecule is Cc1cccc(C(N)c2ccc(OC3CC3)cc2)c1Br. The smallest absolute Gasteiger partial charge is 0.119 e. The molecule has 0 aliphatic heterocycles. The maximum absolute atomic E-state index is 6.38. The van der Waals surface area contributed by atoms with Gasteiger partial charge in [-0.2, -0.15) is 0 Å². The van der Waals surface area contributed by atoms with Crippen molar-refractivity contribution in [3.63, 3.8) is 0 Å². The van der Waals surface area contributed by atoms with Crippen LogP contribution in [0.25, 0.3) is 0 Å². The monoisotopic (exact) mass is 331 g/mol. The Morgan fingerprint density at radius 2 is 1.85 bits per heavy atom. The molecular formula is C17H18BrNO. The van der Waals surface area contributed by atoms with Gasteiger partial charge >= 0.3 is 0 Å². The van der Waals surface area contributed by atoms with Gasteiger partial charge in [0.15, 0.2) is 0 Å². The molecule has 1 aliphatic rings. The molecule has 0 bridgehead atoms. The number of hydrogen-bond acceptors (Lipinski definition) is 2. The second-order valence-electron chi connectivity index (χ2n) is 5.34. The van der Waals surface area contributed by atoms with Gasteiger partial charge < -0.3 is 10.5 Å². The second kappa shape index (κ2) is 5.58. The molecule has 2 N–H and O–H groups in total. The number of rotatable bonds is 4. The van der Waals surface area contributed by atoms with Crippen LogP contribution in [-0.4, -0.2) is 6.10 Å². The predicted molar refractivity (Wildman–Crippen MR) is 85.0 cm³/mol. The Bertz CT molecular complexity index is 605. The molecule has 1 unspecified atom stereocenters. The first kappa shape index (κ1) is 13.7. The molecule has 3 rings (SSSR count). The predicted octanol–water partition coefficient (Wildman–Crippen LogP) is 4.35. The summed E-state index contributed by atoms with van der Waals surface area (Å²) in [6, 6.07) is 14.2. The van der Waals surface area contributed by atoms with E-state index in [0.29, 0.717) is 6.10 Å². The number of aryl methyl sites for hydroxylation is 1. The van der Waals surface area contributed by atoms with Gasteiger partial charge in [-0.05, 0) is 48.6 Å². The van der Waals surface area contributed by atoms with Crippen molar-refractivity contribution >= 4 is 15.9 Å². The molecule has 0 saturated heterocycles.